The van der Waals surface area contributed by atoms with Gasteiger partial charge in [0.05, 0.1) is 19.3 Å². The summed E-state index contributed by atoms with van der Waals surface area (Å²) >= 11 is 3.18. The second-order valence-electron chi connectivity index (χ2n) is 3.88. The maximum Gasteiger partial charge on any atom is 0.138 e. The minimum absolute atomic E-state index is 0.0238. The van der Waals surface area contributed by atoms with E-state index in [9.17, 15) is 10.2 Å². The van der Waals surface area contributed by atoms with Crippen LogP contribution in [0.25, 0.3) is 0 Å². The third kappa shape index (κ3) is 2.03. The predicted molar refractivity (Wildman–Crippen MR) is 63.8 cm³/mol. The Morgan fingerprint density at radius 1 is 1.44 bits per heavy atom. The number of hydrogen-bond acceptors (Lipinski definition) is 4. The first-order chi connectivity index (χ1) is 7.61. The van der Waals surface area contributed by atoms with Crippen molar-refractivity contribution in [2.45, 2.75) is 13.0 Å². The van der Waals surface area contributed by atoms with Crippen LogP contribution in [0.2, 0.25) is 0 Å². The molecule has 1 aliphatic heterocycles. The highest BCUT2D eigenvalue weighted by molar-refractivity contribution is 9.10. The average molecular weight is 288 g/mol. The van der Waals surface area contributed by atoms with Gasteiger partial charge in [-0.15, -0.1) is 0 Å². The first kappa shape index (κ1) is 11.7. The molecule has 2 rings (SSSR count). The van der Waals surface area contributed by atoms with Crippen LogP contribution in [0.15, 0.2) is 10.5 Å². The first-order valence-corrected chi connectivity index (χ1v) is 5.92. The molecule has 1 aromatic carbocycles. The van der Waals surface area contributed by atoms with Crippen LogP contribution in [-0.2, 0) is 4.74 Å². The molecule has 0 saturated carbocycles. The van der Waals surface area contributed by atoms with Crippen molar-refractivity contribution in [3.8, 4) is 11.5 Å². The van der Waals surface area contributed by atoms with Crippen molar-refractivity contribution in [3.05, 3.63) is 21.7 Å². The van der Waals surface area contributed by atoms with Crippen LogP contribution in [0.1, 0.15) is 17.2 Å². The Morgan fingerprint density at radius 2 is 2.19 bits per heavy atom. The number of phenols is 2. The number of morpholine rings is 1. The first-order valence-electron chi connectivity index (χ1n) is 5.13. The number of ether oxygens (including phenoxy) is 1. The molecule has 0 radical (unpaired) electrons. The Bertz CT molecular complexity index is 403. The molecule has 3 N–H and O–H groups in total. The Balaban J connectivity index is 2.40. The molecule has 1 unspecified atom stereocenters. The number of aryl methyl sites for hydroxylation is 1. The van der Waals surface area contributed by atoms with E-state index in [-0.39, 0.29) is 17.5 Å². The maximum absolute atomic E-state index is 9.95. The van der Waals surface area contributed by atoms with Crippen molar-refractivity contribution < 1.29 is 14.9 Å². The number of aromatic hydroxyl groups is 2. The fourth-order valence-electron chi connectivity index (χ4n) is 1.81. The van der Waals surface area contributed by atoms with E-state index >= 15 is 0 Å². The van der Waals surface area contributed by atoms with Gasteiger partial charge in [0.15, 0.2) is 0 Å². The van der Waals surface area contributed by atoms with Gasteiger partial charge in [0, 0.05) is 12.1 Å². The molecule has 0 aromatic heterocycles. The van der Waals surface area contributed by atoms with Gasteiger partial charge in [-0.3, -0.25) is 0 Å². The van der Waals surface area contributed by atoms with E-state index in [2.05, 4.69) is 21.2 Å². The number of benzene rings is 1. The normalized spacial score (nSPS) is 21.0. The van der Waals surface area contributed by atoms with Gasteiger partial charge in [0.2, 0.25) is 0 Å². The molecule has 88 valence electrons. The molecule has 5 heteroatoms. The summed E-state index contributed by atoms with van der Waals surface area (Å²) in [7, 11) is 0. The third-order valence-electron chi connectivity index (χ3n) is 2.73. The largest absolute Gasteiger partial charge is 0.506 e. The smallest absolute Gasteiger partial charge is 0.138 e. The Morgan fingerprint density at radius 3 is 2.81 bits per heavy atom. The lowest BCUT2D eigenvalue weighted by atomic mass is 10.0. The van der Waals surface area contributed by atoms with Crippen LogP contribution in [-0.4, -0.2) is 30.0 Å². The van der Waals surface area contributed by atoms with Crippen LogP contribution in [0.4, 0.5) is 0 Å². The van der Waals surface area contributed by atoms with Crippen LogP contribution >= 0.6 is 15.9 Å². The molecule has 4 nitrogen and oxygen atoms in total. The highest BCUT2D eigenvalue weighted by Gasteiger charge is 2.22. The second kappa shape index (κ2) is 4.61. The van der Waals surface area contributed by atoms with Crippen LogP contribution in [0.3, 0.4) is 0 Å². The summed E-state index contributed by atoms with van der Waals surface area (Å²) in [5.74, 6) is 0.157. The summed E-state index contributed by atoms with van der Waals surface area (Å²) in [6.45, 7) is 3.79. The molecule has 1 aromatic rings. The van der Waals surface area contributed by atoms with Gasteiger partial charge in [-0.1, -0.05) is 0 Å². The van der Waals surface area contributed by atoms with Crippen molar-refractivity contribution in [3.63, 3.8) is 0 Å². The van der Waals surface area contributed by atoms with E-state index in [4.69, 9.17) is 4.74 Å². The topological polar surface area (TPSA) is 61.7 Å². The lowest BCUT2D eigenvalue weighted by Crippen LogP contribution is -2.34. The SMILES string of the molecule is Cc1cc(C2COCCN2)c(O)c(Br)c1O. The molecule has 1 atom stereocenters. The Labute approximate surface area is 102 Å². The fraction of sp³-hybridized carbons (Fsp3) is 0.455. The van der Waals surface area contributed by atoms with Gasteiger partial charge in [0.1, 0.15) is 16.0 Å². The quantitative estimate of drug-likeness (QED) is 0.738. The summed E-state index contributed by atoms with van der Waals surface area (Å²) < 4.78 is 5.69. The van der Waals surface area contributed by atoms with E-state index in [1.165, 1.54) is 0 Å². The monoisotopic (exact) mass is 287 g/mol. The Hall–Kier alpha value is -0.780. The molecule has 1 saturated heterocycles. The van der Waals surface area contributed by atoms with E-state index in [1.54, 1.807) is 13.0 Å². The van der Waals surface area contributed by atoms with Crippen LogP contribution in [0, 0.1) is 6.92 Å². The van der Waals surface area contributed by atoms with Crippen molar-refractivity contribution >= 4 is 15.9 Å². The molecule has 16 heavy (non-hydrogen) atoms. The van der Waals surface area contributed by atoms with Crippen molar-refractivity contribution in [1.29, 1.82) is 0 Å². The standard InChI is InChI=1S/C11H14BrNO3/c1-6-4-7(8-5-16-3-2-13-8)11(15)9(12)10(6)14/h4,8,13-15H,2-3,5H2,1H3. The summed E-state index contributed by atoms with van der Waals surface area (Å²) in [6, 6.07) is 1.76. The number of phenolic OH excluding ortho intramolecular Hbond substituents is 2. The number of halogens is 1. The molecule has 0 amide bonds. The molecule has 1 heterocycles. The molecule has 0 aliphatic carbocycles. The summed E-state index contributed by atoms with van der Waals surface area (Å²) in [4.78, 5) is 0. The minimum atomic E-state index is -0.0238. The second-order valence-corrected chi connectivity index (χ2v) is 4.67. The highest BCUT2D eigenvalue weighted by atomic mass is 79.9. The number of rotatable bonds is 1. The summed E-state index contributed by atoms with van der Waals surface area (Å²) in [5.41, 5.74) is 1.48. The molecule has 1 aliphatic rings. The van der Waals surface area contributed by atoms with Crippen LogP contribution in [0.5, 0.6) is 11.5 Å². The van der Waals surface area contributed by atoms with E-state index in [0.29, 0.717) is 17.7 Å². The number of nitrogens with one attached hydrogen (secondary N) is 1. The van der Waals surface area contributed by atoms with Gasteiger partial charge in [-0.05, 0) is 34.5 Å². The summed E-state index contributed by atoms with van der Waals surface area (Å²) in [5, 5.41) is 22.9. The minimum Gasteiger partial charge on any atom is -0.506 e. The maximum atomic E-state index is 9.95. The summed E-state index contributed by atoms with van der Waals surface area (Å²) in [6.07, 6.45) is 0. The predicted octanol–water partition coefficient (Wildman–Crippen LogP) is 1.83. The Kier molecular flexibility index (Phi) is 3.37. The van der Waals surface area contributed by atoms with Crippen molar-refractivity contribution in [2.75, 3.05) is 19.8 Å². The van der Waals surface area contributed by atoms with E-state index in [0.717, 1.165) is 17.7 Å². The average Bonchev–Trinajstić information content (AvgIpc) is 2.32. The highest BCUT2D eigenvalue weighted by Crippen LogP contribution is 2.40. The molecule has 1 fully saturated rings. The van der Waals surface area contributed by atoms with Crippen LogP contribution < -0.4 is 5.32 Å². The zero-order valence-electron chi connectivity index (χ0n) is 8.96. The van der Waals surface area contributed by atoms with Crippen molar-refractivity contribution in [1.82, 2.24) is 5.32 Å². The zero-order valence-corrected chi connectivity index (χ0v) is 10.5. The van der Waals surface area contributed by atoms with Gasteiger partial charge >= 0.3 is 0 Å². The van der Waals surface area contributed by atoms with Gasteiger partial charge in [-0.2, -0.15) is 0 Å². The fourth-order valence-corrected chi connectivity index (χ4v) is 2.35. The van der Waals surface area contributed by atoms with Gasteiger partial charge in [0.25, 0.3) is 0 Å². The lowest BCUT2D eigenvalue weighted by Gasteiger charge is -2.25. The lowest BCUT2D eigenvalue weighted by molar-refractivity contribution is 0.0760. The van der Waals surface area contributed by atoms with Gasteiger partial charge in [-0.25, -0.2) is 0 Å². The molecule has 0 bridgehead atoms. The van der Waals surface area contributed by atoms with Crippen molar-refractivity contribution in [2.24, 2.45) is 0 Å². The van der Waals surface area contributed by atoms with Gasteiger partial charge < -0.3 is 20.3 Å². The third-order valence-corrected chi connectivity index (χ3v) is 3.48. The molecular weight excluding hydrogens is 274 g/mol. The molecule has 0 spiro atoms. The van der Waals surface area contributed by atoms with E-state index < -0.39 is 0 Å². The zero-order chi connectivity index (χ0) is 11.7. The molecular formula is C11H14BrNO3. The number of hydrogen-bond donors (Lipinski definition) is 3. The van der Waals surface area contributed by atoms with E-state index in [1.807, 2.05) is 0 Å².